The third-order valence-corrected chi connectivity index (χ3v) is 14.9. The van der Waals surface area contributed by atoms with Crippen LogP contribution in [0, 0.1) is 0 Å². The first-order valence-electron chi connectivity index (χ1n) is 21.5. The van der Waals surface area contributed by atoms with Crippen molar-refractivity contribution in [1.29, 1.82) is 0 Å². The van der Waals surface area contributed by atoms with E-state index in [2.05, 4.69) is 199 Å². The Morgan fingerprint density at radius 2 is 1.29 bits per heavy atom. The van der Waals surface area contributed by atoms with E-state index in [-0.39, 0.29) is 21.8 Å². The highest BCUT2D eigenvalue weighted by atomic mass is 15.3. The fourth-order valence-electron chi connectivity index (χ4n) is 11.4. The summed E-state index contributed by atoms with van der Waals surface area (Å²) in [6, 6.07) is 50.7. The van der Waals surface area contributed by atoms with Gasteiger partial charge in [0.1, 0.15) is 0 Å². The van der Waals surface area contributed by atoms with Gasteiger partial charge >= 0.3 is 0 Å². The minimum atomic E-state index is -0.0779. The largest absolute Gasteiger partial charge is 0.355 e. The molecule has 1 saturated carbocycles. The van der Waals surface area contributed by atoms with Crippen LogP contribution in [0.4, 0.5) is 22.7 Å². The molecule has 3 heteroatoms. The summed E-state index contributed by atoms with van der Waals surface area (Å²) >= 11 is 0. The Balaban J connectivity index is 1.16. The molecule has 2 aliphatic carbocycles. The molecule has 0 spiro atoms. The van der Waals surface area contributed by atoms with Gasteiger partial charge in [-0.15, -0.1) is 0 Å². The number of nitrogens with one attached hydrogen (secondary N) is 1. The van der Waals surface area contributed by atoms with E-state index in [0.717, 1.165) is 11.4 Å². The molecule has 2 unspecified atom stereocenters. The van der Waals surface area contributed by atoms with E-state index in [1.54, 1.807) is 5.56 Å². The molecule has 1 radical (unpaired) electrons. The molecule has 0 aromatic heterocycles. The van der Waals surface area contributed by atoms with E-state index in [1.165, 1.54) is 109 Å². The monoisotopic (exact) mass is 751 g/mol. The SMILES string of the molecule is CC(C)(C)c1cc2c3c(c1)C1(C)CCCCC1(C)N3c1cc(-c3ccccc3)cc(-c3cc4ccccc4cc3Nc3ccc4c(c3)C(C)(C)c3ccccc3-4)c1[B]2. The van der Waals surface area contributed by atoms with Crippen molar-refractivity contribution in [3.8, 4) is 33.4 Å². The lowest BCUT2D eigenvalue weighted by Crippen LogP contribution is -2.57. The number of nitrogens with zero attached hydrogens (tertiary/aromatic N) is 1. The van der Waals surface area contributed by atoms with Gasteiger partial charge in [-0.2, -0.15) is 0 Å². The highest BCUT2D eigenvalue weighted by molar-refractivity contribution is 6.73. The van der Waals surface area contributed by atoms with Crippen molar-refractivity contribution < 1.29 is 0 Å². The first-order chi connectivity index (χ1) is 27.8. The van der Waals surface area contributed by atoms with Gasteiger partial charge in [0.15, 0.2) is 7.28 Å². The van der Waals surface area contributed by atoms with Crippen LogP contribution in [0.3, 0.4) is 0 Å². The van der Waals surface area contributed by atoms with Crippen LogP contribution in [0.15, 0.2) is 133 Å². The van der Waals surface area contributed by atoms with Crippen molar-refractivity contribution >= 4 is 51.7 Å². The summed E-state index contributed by atoms with van der Waals surface area (Å²) in [5.74, 6) is 0. The minimum Gasteiger partial charge on any atom is -0.355 e. The summed E-state index contributed by atoms with van der Waals surface area (Å²) < 4.78 is 0. The maximum Gasteiger partial charge on any atom is 0.197 e. The molecule has 4 aliphatic rings. The molecular weight excluding hydrogens is 699 g/mol. The smallest absolute Gasteiger partial charge is 0.197 e. The normalized spacial score (nSPS) is 20.8. The highest BCUT2D eigenvalue weighted by Crippen LogP contribution is 2.61. The second-order valence-corrected chi connectivity index (χ2v) is 19.6. The van der Waals surface area contributed by atoms with E-state index in [1.807, 2.05) is 0 Å². The first-order valence-corrected chi connectivity index (χ1v) is 21.5. The molecule has 2 aliphatic heterocycles. The van der Waals surface area contributed by atoms with E-state index >= 15 is 0 Å². The molecule has 2 atom stereocenters. The molecule has 2 heterocycles. The predicted molar refractivity (Wildman–Crippen MR) is 249 cm³/mol. The molecule has 7 aromatic rings. The Kier molecular flexibility index (Phi) is 7.52. The summed E-state index contributed by atoms with van der Waals surface area (Å²) in [6.45, 7) is 17.0. The lowest BCUT2D eigenvalue weighted by Gasteiger charge is -2.51. The zero-order chi connectivity index (χ0) is 39.8. The number of hydrogen-bond donors (Lipinski definition) is 1. The Bertz CT molecular complexity index is 2840. The van der Waals surface area contributed by atoms with Crippen molar-refractivity contribution in [1.82, 2.24) is 0 Å². The third kappa shape index (κ3) is 4.98. The molecule has 1 N–H and O–H groups in total. The molecule has 0 saturated heterocycles. The average molecular weight is 752 g/mol. The van der Waals surface area contributed by atoms with Crippen molar-refractivity contribution in [3.63, 3.8) is 0 Å². The molecule has 7 aromatic carbocycles. The molecular formula is C55H52BN2. The lowest BCUT2D eigenvalue weighted by molar-refractivity contribution is 0.195. The van der Waals surface area contributed by atoms with Crippen LogP contribution < -0.4 is 21.1 Å². The molecule has 11 rings (SSSR count). The van der Waals surface area contributed by atoms with Gasteiger partial charge in [0.25, 0.3) is 0 Å². The standard InChI is InChI=1S/C55H52BN2/c1-52(2,3)38-31-46-51-47(32-38)56-50-43(28-37(34-17-9-8-10-18-34)30-49(50)58(51)55(7)26-16-15-25-54(46,55)6)42-27-35-19-11-12-20-36(35)29-48(42)57-39-23-24-41-40-21-13-14-22-44(40)53(4,5)45(41)33-39/h8-14,17-24,27-33,57H,15-16,25-26H2,1-7H3. The van der Waals surface area contributed by atoms with E-state index in [0.29, 0.717) is 0 Å². The van der Waals surface area contributed by atoms with Crippen LogP contribution >= 0.6 is 0 Å². The van der Waals surface area contributed by atoms with Gasteiger partial charge in [0.2, 0.25) is 0 Å². The van der Waals surface area contributed by atoms with Gasteiger partial charge in [-0.3, -0.25) is 0 Å². The van der Waals surface area contributed by atoms with Gasteiger partial charge in [-0.1, -0.05) is 162 Å². The van der Waals surface area contributed by atoms with Gasteiger partial charge in [-0.05, 0) is 122 Å². The molecule has 1 fully saturated rings. The van der Waals surface area contributed by atoms with Crippen LogP contribution in [-0.4, -0.2) is 12.8 Å². The first kappa shape index (κ1) is 35.6. The van der Waals surface area contributed by atoms with Gasteiger partial charge in [0, 0.05) is 39.1 Å². The van der Waals surface area contributed by atoms with E-state index in [4.69, 9.17) is 0 Å². The van der Waals surface area contributed by atoms with Crippen LogP contribution in [-0.2, 0) is 16.2 Å². The Hall–Kier alpha value is -5.54. The topological polar surface area (TPSA) is 15.3 Å². The van der Waals surface area contributed by atoms with Crippen molar-refractivity contribution in [2.24, 2.45) is 0 Å². The van der Waals surface area contributed by atoms with Gasteiger partial charge in [-0.25, -0.2) is 0 Å². The summed E-state index contributed by atoms with van der Waals surface area (Å²) in [4.78, 5) is 2.82. The van der Waals surface area contributed by atoms with Crippen molar-refractivity contribution in [3.05, 3.63) is 156 Å². The maximum atomic E-state index is 4.04. The fraction of sp³-hybridized carbons (Fsp3) is 0.273. The third-order valence-electron chi connectivity index (χ3n) is 14.9. The Morgan fingerprint density at radius 3 is 2.09 bits per heavy atom. The average Bonchev–Trinajstić information content (AvgIpc) is 3.58. The summed E-state index contributed by atoms with van der Waals surface area (Å²) in [7, 11) is 2.54. The number of benzene rings is 7. The molecule has 0 amide bonds. The van der Waals surface area contributed by atoms with Crippen LogP contribution in [0.2, 0.25) is 0 Å². The second kappa shape index (κ2) is 12.2. The van der Waals surface area contributed by atoms with Crippen molar-refractivity contribution in [2.75, 3.05) is 10.2 Å². The van der Waals surface area contributed by atoms with Crippen LogP contribution in [0.25, 0.3) is 44.2 Å². The van der Waals surface area contributed by atoms with Crippen LogP contribution in [0.5, 0.6) is 0 Å². The summed E-state index contributed by atoms with van der Waals surface area (Å²) in [6.07, 6.45) is 4.91. The number of fused-ring (bicyclic) bond motifs is 9. The van der Waals surface area contributed by atoms with Crippen LogP contribution in [0.1, 0.15) is 96.4 Å². The molecule has 0 bridgehead atoms. The zero-order valence-corrected chi connectivity index (χ0v) is 35.1. The summed E-state index contributed by atoms with van der Waals surface area (Å²) in [5.41, 5.74) is 21.0. The molecule has 285 valence electrons. The quantitative estimate of drug-likeness (QED) is 0.180. The number of hydrogen-bond acceptors (Lipinski definition) is 2. The number of anilines is 4. The second-order valence-electron chi connectivity index (χ2n) is 19.6. The van der Waals surface area contributed by atoms with Gasteiger partial charge < -0.3 is 10.2 Å². The fourth-order valence-corrected chi connectivity index (χ4v) is 11.4. The zero-order valence-electron chi connectivity index (χ0n) is 35.1. The van der Waals surface area contributed by atoms with Crippen molar-refractivity contribution in [2.45, 2.75) is 95.9 Å². The maximum absolute atomic E-state index is 4.04. The van der Waals surface area contributed by atoms with Gasteiger partial charge in [0.05, 0.1) is 5.54 Å². The summed E-state index contributed by atoms with van der Waals surface area (Å²) in [5, 5.41) is 6.51. The van der Waals surface area contributed by atoms with E-state index in [9.17, 15) is 0 Å². The Labute approximate surface area is 345 Å². The lowest BCUT2D eigenvalue weighted by atomic mass is 9.57. The number of rotatable bonds is 4. The highest BCUT2D eigenvalue weighted by Gasteiger charge is 2.59. The molecule has 2 nitrogen and oxygen atoms in total. The Morgan fingerprint density at radius 1 is 0.586 bits per heavy atom. The minimum absolute atomic E-state index is 0.0374. The predicted octanol–water partition coefficient (Wildman–Crippen LogP) is 13.2. The van der Waals surface area contributed by atoms with E-state index < -0.39 is 0 Å². The molecule has 58 heavy (non-hydrogen) atoms.